The smallest absolute Gasteiger partial charge is 0.287 e. The Hall–Kier alpha value is -2.83. The molecule has 22 heavy (non-hydrogen) atoms. The first-order chi connectivity index (χ1) is 10.7. The summed E-state index contributed by atoms with van der Waals surface area (Å²) in [6.07, 6.45) is 2.10. The van der Waals surface area contributed by atoms with Crippen LogP contribution in [0.3, 0.4) is 0 Å². The molecule has 0 amide bonds. The summed E-state index contributed by atoms with van der Waals surface area (Å²) in [5.74, 6) is 2.08. The molecule has 3 rings (SSSR count). The van der Waals surface area contributed by atoms with Crippen LogP contribution in [-0.4, -0.2) is 23.1 Å². The molecule has 0 spiro atoms. The van der Waals surface area contributed by atoms with Crippen LogP contribution < -0.4 is 14.8 Å². The standard InChI is InChI=1S/C15H15N3O4/c19-18(20)12-3-5-15(17-10-12)16-9-11-2-4-13-14(8-11)22-7-1-6-21-13/h2-5,8,10H,1,6-7,9H2,(H,16,17). The van der Waals surface area contributed by atoms with Gasteiger partial charge in [0.05, 0.1) is 18.1 Å². The molecule has 0 bridgehead atoms. The van der Waals surface area contributed by atoms with Crippen molar-refractivity contribution >= 4 is 11.5 Å². The highest BCUT2D eigenvalue weighted by Crippen LogP contribution is 2.30. The molecule has 0 saturated heterocycles. The van der Waals surface area contributed by atoms with Gasteiger partial charge in [0, 0.05) is 19.0 Å². The molecule has 0 atom stereocenters. The lowest BCUT2D eigenvalue weighted by Crippen LogP contribution is -2.02. The Kier molecular flexibility index (Phi) is 4.04. The maximum Gasteiger partial charge on any atom is 0.287 e. The molecule has 2 aromatic rings. The van der Waals surface area contributed by atoms with Crippen molar-refractivity contribution < 1.29 is 14.4 Å². The number of aromatic nitrogens is 1. The highest BCUT2D eigenvalue weighted by atomic mass is 16.6. The van der Waals surface area contributed by atoms with E-state index >= 15 is 0 Å². The van der Waals surface area contributed by atoms with Crippen molar-refractivity contribution in [2.45, 2.75) is 13.0 Å². The highest BCUT2D eigenvalue weighted by molar-refractivity contribution is 5.45. The number of anilines is 1. The summed E-state index contributed by atoms with van der Waals surface area (Å²) in [5.41, 5.74) is 0.991. The molecule has 0 saturated carbocycles. The SMILES string of the molecule is O=[N+]([O-])c1ccc(NCc2ccc3c(c2)OCCCO3)nc1. The normalized spacial score (nSPS) is 13.3. The van der Waals surface area contributed by atoms with E-state index in [1.54, 1.807) is 6.07 Å². The minimum absolute atomic E-state index is 0.0267. The van der Waals surface area contributed by atoms with Crippen LogP contribution in [-0.2, 0) is 6.54 Å². The van der Waals surface area contributed by atoms with Crippen LogP contribution in [0.2, 0.25) is 0 Å². The lowest BCUT2D eigenvalue weighted by molar-refractivity contribution is -0.385. The van der Waals surface area contributed by atoms with Crippen LogP contribution in [0.15, 0.2) is 36.5 Å². The van der Waals surface area contributed by atoms with Gasteiger partial charge in [-0.3, -0.25) is 10.1 Å². The Bertz CT molecular complexity index is 673. The zero-order chi connectivity index (χ0) is 15.4. The van der Waals surface area contributed by atoms with Crippen molar-refractivity contribution in [3.63, 3.8) is 0 Å². The highest BCUT2D eigenvalue weighted by Gasteiger charge is 2.11. The summed E-state index contributed by atoms with van der Waals surface area (Å²) in [4.78, 5) is 14.1. The number of pyridine rings is 1. The summed E-state index contributed by atoms with van der Waals surface area (Å²) >= 11 is 0. The van der Waals surface area contributed by atoms with Gasteiger partial charge in [0.15, 0.2) is 11.5 Å². The van der Waals surface area contributed by atoms with Crippen molar-refractivity contribution in [3.05, 3.63) is 52.2 Å². The van der Waals surface area contributed by atoms with E-state index in [1.165, 1.54) is 12.3 Å². The van der Waals surface area contributed by atoms with Crippen molar-refractivity contribution in [2.24, 2.45) is 0 Å². The number of nitrogens with one attached hydrogen (secondary N) is 1. The zero-order valence-electron chi connectivity index (χ0n) is 11.8. The van der Waals surface area contributed by atoms with E-state index in [0.717, 1.165) is 23.5 Å². The summed E-state index contributed by atoms with van der Waals surface area (Å²) in [6, 6.07) is 8.77. The van der Waals surface area contributed by atoms with E-state index in [-0.39, 0.29) is 5.69 Å². The maximum atomic E-state index is 10.6. The van der Waals surface area contributed by atoms with Gasteiger partial charge < -0.3 is 14.8 Å². The molecule has 0 aliphatic carbocycles. The molecule has 1 N–H and O–H groups in total. The first kappa shape index (κ1) is 14.1. The van der Waals surface area contributed by atoms with E-state index in [2.05, 4.69) is 10.3 Å². The maximum absolute atomic E-state index is 10.6. The van der Waals surface area contributed by atoms with E-state index < -0.39 is 4.92 Å². The number of nitro groups is 1. The number of nitrogens with zero attached hydrogens (tertiary/aromatic N) is 2. The number of ether oxygens (including phenoxy) is 2. The molecule has 1 aliphatic heterocycles. The van der Waals surface area contributed by atoms with Crippen molar-refractivity contribution in [3.8, 4) is 11.5 Å². The van der Waals surface area contributed by atoms with Gasteiger partial charge in [-0.25, -0.2) is 4.98 Å². The summed E-state index contributed by atoms with van der Waals surface area (Å²) in [7, 11) is 0. The van der Waals surface area contributed by atoms with Crippen LogP contribution in [0.5, 0.6) is 11.5 Å². The lowest BCUT2D eigenvalue weighted by atomic mass is 10.2. The number of rotatable bonds is 4. The van der Waals surface area contributed by atoms with Crippen LogP contribution in [0.4, 0.5) is 11.5 Å². The number of hydrogen-bond donors (Lipinski definition) is 1. The third kappa shape index (κ3) is 3.25. The fraction of sp³-hybridized carbons (Fsp3) is 0.267. The third-order valence-electron chi connectivity index (χ3n) is 3.24. The average molecular weight is 301 g/mol. The molecule has 2 heterocycles. The fourth-order valence-electron chi connectivity index (χ4n) is 2.11. The van der Waals surface area contributed by atoms with Crippen LogP contribution in [0.25, 0.3) is 0 Å². The number of hydrogen-bond acceptors (Lipinski definition) is 6. The zero-order valence-corrected chi connectivity index (χ0v) is 11.8. The Morgan fingerprint density at radius 1 is 1.18 bits per heavy atom. The predicted molar refractivity (Wildman–Crippen MR) is 80.3 cm³/mol. The second-order valence-electron chi connectivity index (χ2n) is 4.84. The fourth-order valence-corrected chi connectivity index (χ4v) is 2.11. The first-order valence-electron chi connectivity index (χ1n) is 6.95. The molecule has 7 heteroatoms. The van der Waals surface area contributed by atoms with Crippen LogP contribution >= 0.6 is 0 Å². The van der Waals surface area contributed by atoms with Crippen LogP contribution in [0.1, 0.15) is 12.0 Å². The van der Waals surface area contributed by atoms with Crippen molar-refractivity contribution in [2.75, 3.05) is 18.5 Å². The van der Waals surface area contributed by atoms with E-state index in [1.807, 2.05) is 18.2 Å². The summed E-state index contributed by atoms with van der Waals surface area (Å²) in [5, 5.41) is 13.7. The van der Waals surface area contributed by atoms with Crippen molar-refractivity contribution in [1.82, 2.24) is 4.98 Å². The largest absolute Gasteiger partial charge is 0.490 e. The van der Waals surface area contributed by atoms with Gasteiger partial charge in [-0.2, -0.15) is 0 Å². The van der Waals surface area contributed by atoms with Crippen molar-refractivity contribution in [1.29, 1.82) is 0 Å². The topological polar surface area (TPSA) is 86.5 Å². The monoisotopic (exact) mass is 301 g/mol. The Labute approximate surface area is 127 Å². The Morgan fingerprint density at radius 2 is 2.00 bits per heavy atom. The molecule has 0 radical (unpaired) electrons. The average Bonchev–Trinajstić information content (AvgIpc) is 2.78. The molecule has 0 fully saturated rings. The van der Waals surface area contributed by atoms with E-state index in [4.69, 9.17) is 9.47 Å². The summed E-state index contributed by atoms with van der Waals surface area (Å²) in [6.45, 7) is 1.85. The minimum Gasteiger partial charge on any atom is -0.490 e. The van der Waals surface area contributed by atoms with Gasteiger partial charge in [-0.15, -0.1) is 0 Å². The van der Waals surface area contributed by atoms with Gasteiger partial charge in [-0.1, -0.05) is 6.07 Å². The Morgan fingerprint density at radius 3 is 2.73 bits per heavy atom. The van der Waals surface area contributed by atoms with E-state index in [0.29, 0.717) is 25.6 Å². The molecule has 0 unspecified atom stereocenters. The van der Waals surface area contributed by atoms with Gasteiger partial charge in [-0.05, 0) is 23.8 Å². The van der Waals surface area contributed by atoms with Gasteiger partial charge >= 0.3 is 0 Å². The molecule has 114 valence electrons. The Balaban J connectivity index is 1.66. The van der Waals surface area contributed by atoms with Crippen LogP contribution in [0, 0.1) is 10.1 Å². The predicted octanol–water partition coefficient (Wildman–Crippen LogP) is 2.76. The molecular formula is C15H15N3O4. The quantitative estimate of drug-likeness (QED) is 0.690. The molecule has 7 nitrogen and oxygen atoms in total. The molecular weight excluding hydrogens is 286 g/mol. The minimum atomic E-state index is -0.472. The summed E-state index contributed by atoms with van der Waals surface area (Å²) < 4.78 is 11.2. The van der Waals surface area contributed by atoms with E-state index in [9.17, 15) is 10.1 Å². The molecule has 1 aromatic heterocycles. The van der Waals surface area contributed by atoms with Gasteiger partial charge in [0.1, 0.15) is 12.0 Å². The van der Waals surface area contributed by atoms with Gasteiger partial charge in [0.25, 0.3) is 5.69 Å². The number of fused-ring (bicyclic) bond motifs is 1. The third-order valence-corrected chi connectivity index (χ3v) is 3.24. The lowest BCUT2D eigenvalue weighted by Gasteiger charge is -2.10. The van der Waals surface area contributed by atoms with Gasteiger partial charge in [0.2, 0.25) is 0 Å². The first-order valence-corrected chi connectivity index (χ1v) is 6.95. The molecule has 1 aromatic carbocycles. The number of benzene rings is 1. The second-order valence-corrected chi connectivity index (χ2v) is 4.84. The molecule has 1 aliphatic rings. The second kappa shape index (κ2) is 6.30.